The average molecular weight is 167 g/mol. The molecule has 0 amide bonds. The van der Waals surface area contributed by atoms with Crippen molar-refractivity contribution in [3.8, 4) is 0 Å². The summed E-state index contributed by atoms with van der Waals surface area (Å²) in [7, 11) is 0. The standard InChI is InChI=1S/C10H14O.H3N/c1-3-11-8-10-6-4-9(2)5-7-10;/h4-7H,3,8H2,1-2H3;1H3. The molecule has 0 aromatic heterocycles. The Kier molecular flexibility index (Phi) is 5.34. The zero-order valence-corrected chi connectivity index (χ0v) is 7.84. The van der Waals surface area contributed by atoms with Crippen molar-refractivity contribution in [1.82, 2.24) is 6.15 Å². The van der Waals surface area contributed by atoms with Gasteiger partial charge in [-0.05, 0) is 19.4 Å². The van der Waals surface area contributed by atoms with Crippen LogP contribution in [0.25, 0.3) is 0 Å². The number of hydrogen-bond acceptors (Lipinski definition) is 2. The number of aryl methyl sites for hydroxylation is 1. The van der Waals surface area contributed by atoms with Gasteiger partial charge in [0, 0.05) is 6.61 Å². The van der Waals surface area contributed by atoms with Crippen LogP contribution in [-0.4, -0.2) is 6.61 Å². The molecule has 12 heavy (non-hydrogen) atoms. The lowest BCUT2D eigenvalue weighted by atomic mass is 10.2. The van der Waals surface area contributed by atoms with Gasteiger partial charge in [-0.25, -0.2) is 0 Å². The van der Waals surface area contributed by atoms with Crippen molar-refractivity contribution in [1.29, 1.82) is 0 Å². The molecular weight excluding hydrogens is 150 g/mol. The first-order valence-electron chi connectivity index (χ1n) is 3.96. The molecule has 0 saturated heterocycles. The van der Waals surface area contributed by atoms with E-state index in [1.54, 1.807) is 0 Å². The van der Waals surface area contributed by atoms with Crippen LogP contribution >= 0.6 is 0 Å². The predicted octanol–water partition coefficient (Wildman–Crippen LogP) is 2.69. The molecule has 0 saturated carbocycles. The van der Waals surface area contributed by atoms with Gasteiger partial charge in [0.1, 0.15) is 0 Å². The number of ether oxygens (including phenoxy) is 1. The lowest BCUT2D eigenvalue weighted by molar-refractivity contribution is 0.134. The van der Waals surface area contributed by atoms with Crippen molar-refractivity contribution >= 4 is 0 Å². The third-order valence-electron chi connectivity index (χ3n) is 1.59. The number of hydrogen-bond donors (Lipinski definition) is 1. The molecule has 0 radical (unpaired) electrons. The van der Waals surface area contributed by atoms with Gasteiger partial charge in [-0.15, -0.1) is 0 Å². The monoisotopic (exact) mass is 167 g/mol. The largest absolute Gasteiger partial charge is 0.377 e. The third-order valence-corrected chi connectivity index (χ3v) is 1.59. The highest BCUT2D eigenvalue weighted by Gasteiger charge is 1.89. The van der Waals surface area contributed by atoms with Gasteiger partial charge in [-0.2, -0.15) is 0 Å². The summed E-state index contributed by atoms with van der Waals surface area (Å²) in [5.74, 6) is 0. The zero-order chi connectivity index (χ0) is 8.10. The SMILES string of the molecule is CCOCc1ccc(C)cc1.N. The fourth-order valence-electron chi connectivity index (χ4n) is 0.904. The summed E-state index contributed by atoms with van der Waals surface area (Å²) in [6, 6.07) is 8.42. The Morgan fingerprint density at radius 3 is 2.25 bits per heavy atom. The lowest BCUT2D eigenvalue weighted by Gasteiger charge is -2.00. The summed E-state index contributed by atoms with van der Waals surface area (Å²) in [4.78, 5) is 0. The van der Waals surface area contributed by atoms with Gasteiger partial charge in [-0.1, -0.05) is 29.8 Å². The highest BCUT2D eigenvalue weighted by molar-refractivity contribution is 5.20. The molecule has 0 aliphatic heterocycles. The van der Waals surface area contributed by atoms with Gasteiger partial charge in [0.15, 0.2) is 0 Å². The van der Waals surface area contributed by atoms with Gasteiger partial charge >= 0.3 is 0 Å². The molecule has 0 bridgehead atoms. The molecule has 0 atom stereocenters. The Hall–Kier alpha value is -0.860. The Morgan fingerprint density at radius 2 is 1.75 bits per heavy atom. The normalized spacial score (nSPS) is 9.17. The van der Waals surface area contributed by atoms with E-state index in [-0.39, 0.29) is 6.15 Å². The second kappa shape index (κ2) is 5.75. The van der Waals surface area contributed by atoms with Crippen LogP contribution in [0, 0.1) is 6.92 Å². The van der Waals surface area contributed by atoms with E-state index in [4.69, 9.17) is 4.74 Å². The molecule has 2 heteroatoms. The summed E-state index contributed by atoms with van der Waals surface area (Å²) in [5.41, 5.74) is 2.54. The number of rotatable bonds is 3. The molecule has 1 aromatic carbocycles. The first kappa shape index (κ1) is 11.1. The first-order valence-corrected chi connectivity index (χ1v) is 3.96. The molecule has 2 nitrogen and oxygen atoms in total. The van der Waals surface area contributed by atoms with E-state index in [1.165, 1.54) is 11.1 Å². The van der Waals surface area contributed by atoms with Gasteiger partial charge in [0.05, 0.1) is 6.61 Å². The van der Waals surface area contributed by atoms with Crippen molar-refractivity contribution in [2.75, 3.05) is 6.61 Å². The fourth-order valence-corrected chi connectivity index (χ4v) is 0.904. The second-order valence-corrected chi connectivity index (χ2v) is 2.62. The van der Waals surface area contributed by atoms with E-state index >= 15 is 0 Å². The van der Waals surface area contributed by atoms with E-state index < -0.39 is 0 Å². The highest BCUT2D eigenvalue weighted by Crippen LogP contribution is 2.03. The Bertz CT molecular complexity index is 206. The first-order chi connectivity index (χ1) is 5.33. The molecule has 1 rings (SSSR count). The molecule has 3 N–H and O–H groups in total. The van der Waals surface area contributed by atoms with Crippen LogP contribution in [0.4, 0.5) is 0 Å². The van der Waals surface area contributed by atoms with Gasteiger partial charge < -0.3 is 10.9 Å². The molecule has 1 aromatic rings. The van der Waals surface area contributed by atoms with E-state index in [0.29, 0.717) is 0 Å². The second-order valence-electron chi connectivity index (χ2n) is 2.62. The zero-order valence-electron chi connectivity index (χ0n) is 7.84. The summed E-state index contributed by atoms with van der Waals surface area (Å²) in [6.45, 7) is 5.61. The van der Waals surface area contributed by atoms with Crippen LogP contribution in [0.1, 0.15) is 18.1 Å². The summed E-state index contributed by atoms with van der Waals surface area (Å²) in [5, 5.41) is 0. The van der Waals surface area contributed by atoms with Crippen LogP contribution in [0.5, 0.6) is 0 Å². The van der Waals surface area contributed by atoms with Crippen molar-refractivity contribution in [3.63, 3.8) is 0 Å². The van der Waals surface area contributed by atoms with Crippen LogP contribution < -0.4 is 6.15 Å². The minimum Gasteiger partial charge on any atom is -0.377 e. The van der Waals surface area contributed by atoms with Gasteiger partial charge in [-0.3, -0.25) is 0 Å². The topological polar surface area (TPSA) is 44.2 Å². The molecule has 0 aliphatic rings. The number of benzene rings is 1. The molecule has 0 spiro atoms. The van der Waals surface area contributed by atoms with E-state index in [9.17, 15) is 0 Å². The molecule has 68 valence electrons. The molecule has 0 fully saturated rings. The maximum atomic E-state index is 5.26. The van der Waals surface area contributed by atoms with Crippen molar-refractivity contribution in [2.45, 2.75) is 20.5 Å². The molecular formula is C10H17NO. The molecule has 0 aliphatic carbocycles. The minimum atomic E-state index is 0. The van der Waals surface area contributed by atoms with Crippen molar-refractivity contribution < 1.29 is 4.74 Å². The van der Waals surface area contributed by atoms with E-state index in [1.807, 2.05) is 6.92 Å². The van der Waals surface area contributed by atoms with E-state index in [0.717, 1.165) is 13.2 Å². The third kappa shape index (κ3) is 3.51. The van der Waals surface area contributed by atoms with Gasteiger partial charge in [0.2, 0.25) is 0 Å². The van der Waals surface area contributed by atoms with E-state index in [2.05, 4.69) is 31.2 Å². The summed E-state index contributed by atoms with van der Waals surface area (Å²) < 4.78 is 5.26. The Labute approximate surface area is 74.1 Å². The van der Waals surface area contributed by atoms with Gasteiger partial charge in [0.25, 0.3) is 0 Å². The minimum absolute atomic E-state index is 0. The Morgan fingerprint density at radius 1 is 1.17 bits per heavy atom. The van der Waals surface area contributed by atoms with Crippen LogP contribution in [-0.2, 0) is 11.3 Å². The maximum absolute atomic E-state index is 5.26. The maximum Gasteiger partial charge on any atom is 0.0716 e. The lowest BCUT2D eigenvalue weighted by Crippen LogP contribution is -1.90. The smallest absolute Gasteiger partial charge is 0.0716 e. The van der Waals surface area contributed by atoms with Crippen molar-refractivity contribution in [2.24, 2.45) is 0 Å². The van der Waals surface area contributed by atoms with Crippen LogP contribution in [0.3, 0.4) is 0 Å². The van der Waals surface area contributed by atoms with Crippen LogP contribution in [0.2, 0.25) is 0 Å². The van der Waals surface area contributed by atoms with Crippen molar-refractivity contribution in [3.05, 3.63) is 35.4 Å². The summed E-state index contributed by atoms with van der Waals surface area (Å²) >= 11 is 0. The fraction of sp³-hybridized carbons (Fsp3) is 0.400. The Balaban J connectivity index is 0.00000121. The van der Waals surface area contributed by atoms with Crippen LogP contribution in [0.15, 0.2) is 24.3 Å². The highest BCUT2D eigenvalue weighted by atomic mass is 16.5. The quantitative estimate of drug-likeness (QED) is 0.752. The average Bonchev–Trinajstić information content (AvgIpc) is 2.04. The summed E-state index contributed by atoms with van der Waals surface area (Å²) in [6.07, 6.45) is 0. The molecule has 0 unspecified atom stereocenters. The molecule has 0 heterocycles. The predicted molar refractivity (Wildman–Crippen MR) is 51.5 cm³/mol.